The molecule has 0 fully saturated rings. The number of nitrogens with zero attached hydrogens (tertiary/aromatic N) is 5. The first-order chi connectivity index (χ1) is 16.2. The predicted octanol–water partition coefficient (Wildman–Crippen LogP) is 3.42. The maximum Gasteiger partial charge on any atom is 0.257 e. The Bertz CT molecular complexity index is 1460. The first-order valence-corrected chi connectivity index (χ1v) is 10.5. The number of hydrogen-bond acceptors (Lipinski definition) is 6. The molecular weight excluding hydrogens is 414 g/mol. The van der Waals surface area contributed by atoms with Crippen LogP contribution in [0.1, 0.15) is 21.5 Å². The molecular formula is C25H21N7O. The fourth-order valence-corrected chi connectivity index (χ4v) is 3.62. The molecule has 0 aliphatic rings. The molecule has 0 atom stereocenters. The Morgan fingerprint density at radius 3 is 2.52 bits per heavy atom. The van der Waals surface area contributed by atoms with Crippen molar-refractivity contribution in [1.82, 2.24) is 24.9 Å². The lowest BCUT2D eigenvalue weighted by molar-refractivity contribution is 0.0956. The lowest BCUT2D eigenvalue weighted by Crippen LogP contribution is -2.26. The number of carbonyl (C=O) groups excluding carboxylic acids is 1. The van der Waals surface area contributed by atoms with E-state index in [0.717, 1.165) is 11.1 Å². The van der Waals surface area contributed by atoms with Gasteiger partial charge in [-0.25, -0.2) is 9.97 Å². The van der Waals surface area contributed by atoms with Crippen LogP contribution in [-0.2, 0) is 6.42 Å². The topological polar surface area (TPSA) is 111 Å². The van der Waals surface area contributed by atoms with Crippen LogP contribution in [0.3, 0.4) is 0 Å². The quantitative estimate of drug-likeness (QED) is 0.397. The largest absolute Gasteiger partial charge is 0.383 e. The fourth-order valence-electron chi connectivity index (χ4n) is 3.62. The van der Waals surface area contributed by atoms with Gasteiger partial charge >= 0.3 is 0 Å². The molecule has 162 valence electrons. The Hall–Kier alpha value is -4.59. The van der Waals surface area contributed by atoms with E-state index in [4.69, 9.17) is 15.7 Å². The van der Waals surface area contributed by atoms with Crippen LogP contribution in [0.2, 0.25) is 0 Å². The van der Waals surface area contributed by atoms with Gasteiger partial charge < -0.3 is 11.1 Å². The van der Waals surface area contributed by atoms with Gasteiger partial charge in [0.25, 0.3) is 5.91 Å². The van der Waals surface area contributed by atoms with E-state index in [1.165, 1.54) is 4.68 Å². The molecule has 33 heavy (non-hydrogen) atoms. The van der Waals surface area contributed by atoms with E-state index in [2.05, 4.69) is 15.4 Å². The van der Waals surface area contributed by atoms with Crippen molar-refractivity contribution in [3.8, 4) is 0 Å². The third-order valence-electron chi connectivity index (χ3n) is 5.25. The van der Waals surface area contributed by atoms with Crippen molar-refractivity contribution in [1.29, 1.82) is 0 Å². The summed E-state index contributed by atoms with van der Waals surface area (Å²) in [6.45, 7) is 0.467. The average molecular weight is 435 g/mol. The number of anilines is 1. The van der Waals surface area contributed by atoms with Gasteiger partial charge in [-0.15, -0.1) is 0 Å². The molecule has 3 aromatic heterocycles. The first kappa shape index (κ1) is 20.3. The van der Waals surface area contributed by atoms with E-state index in [9.17, 15) is 4.79 Å². The summed E-state index contributed by atoms with van der Waals surface area (Å²) in [4.78, 5) is 26.6. The Balaban J connectivity index is 1.54. The average Bonchev–Trinajstić information content (AvgIpc) is 3.12. The molecule has 2 aromatic carbocycles. The van der Waals surface area contributed by atoms with E-state index in [-0.39, 0.29) is 17.3 Å². The van der Waals surface area contributed by atoms with Gasteiger partial charge in [0.15, 0.2) is 5.65 Å². The van der Waals surface area contributed by atoms with Crippen LogP contribution in [0, 0.1) is 0 Å². The van der Waals surface area contributed by atoms with Crippen LogP contribution in [0.5, 0.6) is 0 Å². The Labute approximate surface area is 189 Å². The monoisotopic (exact) mass is 435 g/mol. The summed E-state index contributed by atoms with van der Waals surface area (Å²) in [5.74, 6) is -0.133. The van der Waals surface area contributed by atoms with Crippen molar-refractivity contribution in [2.75, 3.05) is 12.3 Å². The highest BCUT2D eigenvalue weighted by Crippen LogP contribution is 2.27. The Kier molecular flexibility index (Phi) is 5.47. The Morgan fingerprint density at radius 2 is 1.76 bits per heavy atom. The van der Waals surface area contributed by atoms with Gasteiger partial charge in [0.2, 0.25) is 0 Å². The molecule has 5 rings (SSSR count). The molecule has 0 radical (unpaired) electrons. The molecule has 8 nitrogen and oxygen atoms in total. The van der Waals surface area contributed by atoms with E-state index in [1.807, 2.05) is 66.7 Å². The minimum atomic E-state index is -0.312. The van der Waals surface area contributed by atoms with E-state index in [0.29, 0.717) is 35.2 Å². The number of amides is 1. The zero-order valence-corrected chi connectivity index (χ0v) is 17.7. The van der Waals surface area contributed by atoms with Crippen molar-refractivity contribution < 1.29 is 4.79 Å². The minimum absolute atomic E-state index is 0.178. The second-order valence-corrected chi connectivity index (χ2v) is 7.48. The van der Waals surface area contributed by atoms with Crippen molar-refractivity contribution in [3.05, 3.63) is 95.8 Å². The van der Waals surface area contributed by atoms with Crippen molar-refractivity contribution >= 4 is 40.1 Å². The summed E-state index contributed by atoms with van der Waals surface area (Å²) in [7, 11) is 0. The summed E-state index contributed by atoms with van der Waals surface area (Å²) in [6.07, 6.45) is 5.70. The van der Waals surface area contributed by atoms with Gasteiger partial charge in [-0.05, 0) is 30.2 Å². The van der Waals surface area contributed by atoms with E-state index >= 15 is 0 Å². The maximum atomic E-state index is 13.2. The van der Waals surface area contributed by atoms with Crippen molar-refractivity contribution in [3.63, 3.8) is 0 Å². The summed E-state index contributed by atoms with van der Waals surface area (Å²) in [6, 6.07) is 21.1. The lowest BCUT2D eigenvalue weighted by Gasteiger charge is -2.05. The number of benzene rings is 2. The van der Waals surface area contributed by atoms with Crippen LogP contribution in [0.15, 0.2) is 84.2 Å². The summed E-state index contributed by atoms with van der Waals surface area (Å²) in [5.41, 5.74) is 10.8. The molecule has 0 saturated heterocycles. The first-order valence-electron chi connectivity index (χ1n) is 10.5. The zero-order valence-electron chi connectivity index (χ0n) is 17.7. The van der Waals surface area contributed by atoms with Gasteiger partial charge in [-0.1, -0.05) is 48.5 Å². The normalized spacial score (nSPS) is 11.4. The number of rotatable bonds is 6. The third kappa shape index (κ3) is 4.14. The standard InChI is InChI=1S/C25H21N7O/c26-23-21(25(33)28-14-12-17-7-2-1-3-8-17)22-24(31-20-11-5-4-10-19(20)30-22)32(23)29-16-18-9-6-13-27-15-18/h1-11,13,15-16H,12,14,26H2,(H,28,33)/b29-16-. The molecule has 3 N–H and O–H groups in total. The van der Waals surface area contributed by atoms with E-state index < -0.39 is 0 Å². The van der Waals surface area contributed by atoms with Crippen molar-refractivity contribution in [2.24, 2.45) is 5.10 Å². The number of aromatic nitrogens is 4. The molecule has 0 aliphatic carbocycles. The number of nitrogens with two attached hydrogens (primary N) is 1. The number of fused-ring (bicyclic) bond motifs is 2. The highest BCUT2D eigenvalue weighted by molar-refractivity contribution is 6.10. The number of pyridine rings is 1. The second-order valence-electron chi connectivity index (χ2n) is 7.48. The van der Waals surface area contributed by atoms with Gasteiger partial charge in [0.1, 0.15) is 16.9 Å². The highest BCUT2D eigenvalue weighted by Gasteiger charge is 2.23. The van der Waals surface area contributed by atoms with Crippen LogP contribution in [0.25, 0.3) is 22.2 Å². The highest BCUT2D eigenvalue weighted by atomic mass is 16.1. The predicted molar refractivity (Wildman–Crippen MR) is 129 cm³/mol. The van der Waals surface area contributed by atoms with Crippen LogP contribution >= 0.6 is 0 Å². The van der Waals surface area contributed by atoms with Gasteiger partial charge in [0.05, 0.1) is 17.2 Å². The molecule has 0 aliphatic heterocycles. The zero-order chi connectivity index (χ0) is 22.6. The summed E-state index contributed by atoms with van der Waals surface area (Å²) in [5, 5.41) is 7.44. The number of carbonyl (C=O) groups is 1. The lowest BCUT2D eigenvalue weighted by atomic mass is 10.1. The smallest absolute Gasteiger partial charge is 0.257 e. The van der Waals surface area contributed by atoms with E-state index in [1.54, 1.807) is 18.6 Å². The number of para-hydroxylation sites is 2. The number of hydrogen-bond donors (Lipinski definition) is 2. The fraction of sp³-hybridized carbons (Fsp3) is 0.0800. The number of nitrogen functional groups attached to an aromatic ring is 1. The molecule has 5 aromatic rings. The van der Waals surface area contributed by atoms with Crippen molar-refractivity contribution in [2.45, 2.75) is 6.42 Å². The Morgan fingerprint density at radius 1 is 1.00 bits per heavy atom. The summed E-state index contributed by atoms with van der Waals surface area (Å²) < 4.78 is 1.45. The molecule has 0 spiro atoms. The van der Waals surface area contributed by atoms with Gasteiger partial charge in [0, 0.05) is 24.5 Å². The maximum absolute atomic E-state index is 13.2. The molecule has 1 amide bonds. The molecule has 0 bridgehead atoms. The molecule has 0 unspecified atom stereocenters. The second kappa shape index (κ2) is 8.88. The molecule has 8 heteroatoms. The molecule has 3 heterocycles. The van der Waals surface area contributed by atoms with Crippen LogP contribution in [0.4, 0.5) is 5.82 Å². The number of nitrogens with one attached hydrogen (secondary N) is 1. The minimum Gasteiger partial charge on any atom is -0.383 e. The SMILES string of the molecule is Nc1c(C(=O)NCCc2ccccc2)c2nc3ccccc3nc2n1/N=C\c1cccnc1. The van der Waals surface area contributed by atoms with Crippen LogP contribution < -0.4 is 11.1 Å². The van der Waals surface area contributed by atoms with Gasteiger partial charge in [-0.2, -0.15) is 9.78 Å². The summed E-state index contributed by atoms with van der Waals surface area (Å²) >= 11 is 0. The van der Waals surface area contributed by atoms with Crippen LogP contribution in [-0.4, -0.2) is 38.3 Å². The van der Waals surface area contributed by atoms with Gasteiger partial charge in [-0.3, -0.25) is 9.78 Å². The third-order valence-corrected chi connectivity index (χ3v) is 5.25. The molecule has 0 saturated carbocycles.